The second kappa shape index (κ2) is 17.1. The number of fused-ring (bicyclic) bond motifs is 6. The number of halogens is 1. The molecule has 61 heavy (non-hydrogen) atoms. The van der Waals surface area contributed by atoms with Crippen LogP contribution in [0.5, 0.6) is 0 Å². The van der Waals surface area contributed by atoms with Gasteiger partial charge in [-0.05, 0) is 110 Å². The summed E-state index contributed by atoms with van der Waals surface area (Å²) in [6, 6.07) is 53.4. The van der Waals surface area contributed by atoms with E-state index < -0.39 is 14.0 Å². The molecule has 0 fully saturated rings. The van der Waals surface area contributed by atoms with E-state index in [4.69, 9.17) is 6.35 Å². The quantitative estimate of drug-likeness (QED) is 0.123. The summed E-state index contributed by atoms with van der Waals surface area (Å²) in [5, 5.41) is 5.58. The van der Waals surface area contributed by atoms with Gasteiger partial charge in [0.05, 0.1) is 24.9 Å². The first-order valence-electron chi connectivity index (χ1n) is 20.8. The first-order chi connectivity index (χ1) is 29.3. The van der Waals surface area contributed by atoms with Crippen molar-refractivity contribution in [2.45, 2.75) is 53.2 Å². The van der Waals surface area contributed by atoms with Crippen LogP contribution in [0.25, 0.3) is 81.4 Å². The molecule has 7 aromatic carbocycles. The molecule has 3 nitrogen and oxygen atoms in total. The van der Waals surface area contributed by atoms with Crippen molar-refractivity contribution < 1.29 is 25.9 Å². The Labute approximate surface area is 377 Å². The maximum absolute atomic E-state index is 14.0. The van der Waals surface area contributed by atoms with Crippen LogP contribution in [0.2, 0.25) is 19.6 Å². The number of benzene rings is 7. The fraction of sp³-hybridized carbons (Fsp3) is 0.148. The molecule has 7 heteroatoms. The summed E-state index contributed by atoms with van der Waals surface area (Å²) in [5.74, 6) is 0.0457. The first-order valence-corrected chi connectivity index (χ1v) is 24.7. The van der Waals surface area contributed by atoms with Crippen LogP contribution in [0.1, 0.15) is 37.8 Å². The number of hydrogen-bond donors (Lipinski definition) is 0. The number of rotatable bonds is 6. The van der Waals surface area contributed by atoms with Gasteiger partial charge in [0.15, 0.2) is 0 Å². The zero-order chi connectivity index (χ0) is 42.6. The minimum absolute atomic E-state index is 0. The van der Waals surface area contributed by atoms with E-state index in [1.807, 2.05) is 74.6 Å². The van der Waals surface area contributed by atoms with Crippen molar-refractivity contribution in [1.29, 1.82) is 0 Å². The minimum Gasteiger partial charge on any atom is -0.333 e. The predicted octanol–water partition coefficient (Wildman–Crippen LogP) is 14.7. The number of pyridine rings is 1. The van der Waals surface area contributed by atoms with Crippen LogP contribution in [0, 0.1) is 31.8 Å². The van der Waals surface area contributed by atoms with E-state index in [9.17, 15) is 4.39 Å². The maximum Gasteiger partial charge on any atom is 0.123 e. The molecule has 0 amide bonds. The minimum atomic E-state index is -1.50. The van der Waals surface area contributed by atoms with Gasteiger partial charge >= 0.3 is 0 Å². The Bertz CT molecular complexity index is 3230. The van der Waals surface area contributed by atoms with Crippen molar-refractivity contribution in [3.8, 4) is 39.5 Å². The zero-order valence-electron chi connectivity index (χ0n) is 36.3. The van der Waals surface area contributed by atoms with Gasteiger partial charge in [-0.2, -0.15) is 11.3 Å². The van der Waals surface area contributed by atoms with E-state index in [1.54, 1.807) is 23.5 Å². The van der Waals surface area contributed by atoms with Gasteiger partial charge in [-0.1, -0.05) is 117 Å². The van der Waals surface area contributed by atoms with Gasteiger partial charge in [-0.3, -0.25) is 4.98 Å². The topological polar surface area (TPSA) is 30.7 Å². The van der Waals surface area contributed by atoms with Gasteiger partial charge in [0, 0.05) is 38.1 Å². The average Bonchev–Trinajstić information content (AvgIpc) is 3.82. The van der Waals surface area contributed by atoms with Crippen molar-refractivity contribution in [2.24, 2.45) is 0 Å². The number of aromatic nitrogens is 3. The number of para-hydroxylation sites is 2. The number of imidazole rings is 1. The van der Waals surface area contributed by atoms with E-state index in [-0.39, 0.29) is 25.9 Å². The number of thiophene rings is 1. The van der Waals surface area contributed by atoms with Gasteiger partial charge < -0.3 is 9.55 Å². The second-order valence-corrected chi connectivity index (χ2v) is 22.8. The van der Waals surface area contributed by atoms with Gasteiger partial charge in [0.2, 0.25) is 0 Å². The third-order valence-electron chi connectivity index (χ3n) is 11.2. The summed E-state index contributed by atoms with van der Waals surface area (Å²) in [6.45, 7) is 15.2. The Kier molecular flexibility index (Phi) is 11.4. The van der Waals surface area contributed by atoms with Crippen LogP contribution in [0.3, 0.4) is 0 Å². The zero-order valence-corrected chi connectivity index (χ0v) is 39.5. The van der Waals surface area contributed by atoms with E-state index in [2.05, 4.69) is 128 Å². The molecule has 0 bridgehead atoms. The molecular weight excluding hydrogens is 962 g/mol. The van der Waals surface area contributed by atoms with Crippen molar-refractivity contribution in [3.05, 3.63) is 180 Å². The van der Waals surface area contributed by atoms with Gasteiger partial charge in [-0.25, -0.2) is 4.39 Å². The summed E-state index contributed by atoms with van der Waals surface area (Å²) < 4.78 is 27.0. The molecule has 0 aliphatic carbocycles. The van der Waals surface area contributed by atoms with Crippen LogP contribution in [-0.2, 0) is 20.1 Å². The fourth-order valence-electron chi connectivity index (χ4n) is 8.36. The van der Waals surface area contributed by atoms with Crippen molar-refractivity contribution >= 4 is 66.6 Å². The molecule has 10 rings (SSSR count). The molecule has 0 N–H and O–H groups in total. The van der Waals surface area contributed by atoms with Gasteiger partial charge in [-0.15, -0.1) is 54.1 Å². The third-order valence-corrected chi connectivity index (χ3v) is 14.5. The number of nitrogens with zero attached hydrogens (tertiary/aromatic N) is 3. The summed E-state index contributed by atoms with van der Waals surface area (Å²) in [6.07, 6.45) is 1.98. The fourth-order valence-corrected chi connectivity index (χ4v) is 11.3. The average molecular weight is 1010 g/mol. The van der Waals surface area contributed by atoms with Gasteiger partial charge in [0.1, 0.15) is 5.82 Å². The summed E-state index contributed by atoms with van der Waals surface area (Å²) in [7, 11) is -1.50. The molecular formula is C54H46FIrN3SSi-2. The molecule has 305 valence electrons. The maximum atomic E-state index is 14.0. The van der Waals surface area contributed by atoms with E-state index in [1.165, 1.54) is 32.8 Å². The van der Waals surface area contributed by atoms with E-state index in [0.29, 0.717) is 0 Å². The van der Waals surface area contributed by atoms with Crippen molar-refractivity contribution in [3.63, 3.8) is 0 Å². The Morgan fingerprint density at radius 1 is 0.721 bits per heavy atom. The molecule has 3 aromatic heterocycles. The Morgan fingerprint density at radius 2 is 1.43 bits per heavy atom. The molecule has 0 atom stereocenters. The Balaban J connectivity index is 0.000000214. The van der Waals surface area contributed by atoms with Crippen LogP contribution >= 0.6 is 11.3 Å². The monoisotopic (exact) mass is 1010 g/mol. The van der Waals surface area contributed by atoms with Crippen LogP contribution < -0.4 is 5.19 Å². The van der Waals surface area contributed by atoms with Crippen LogP contribution in [0.4, 0.5) is 4.39 Å². The number of hydrogen-bond acceptors (Lipinski definition) is 3. The van der Waals surface area contributed by atoms with Crippen LogP contribution in [0.15, 0.2) is 146 Å². The SMILES string of the molecule is Cc1cc(-c2ccccc2)cc(C)c1-n1c(-c2[c-]ccc3c2sc2c4ccc(F)cc4ccc32)nc2ccccc21.[2H]C(C)(C)c1cc(-c2[c-]cccc2)ncc1[Si](C)(C)C.[Ir]. The first kappa shape index (κ1) is 40.8. The van der Waals surface area contributed by atoms with Crippen molar-refractivity contribution in [2.75, 3.05) is 0 Å². The molecule has 0 aliphatic rings. The molecule has 10 aromatic rings. The summed E-state index contributed by atoms with van der Waals surface area (Å²) >= 11 is 1.73. The molecule has 0 saturated carbocycles. The van der Waals surface area contributed by atoms with E-state index in [0.717, 1.165) is 70.5 Å². The smallest absolute Gasteiger partial charge is 0.123 e. The summed E-state index contributed by atoms with van der Waals surface area (Å²) in [4.78, 5) is 9.81. The standard InChI is InChI=1S/C37H24FN2S.C17H22NSi.Ir/c1-22-19-26(24-9-4-3-5-10-24)20-23(2)34(22)40-33-14-7-6-13-32(33)39-37(40)31-12-8-11-29-30-17-15-25-21-27(38)16-18-28(25)35(30)41-36(29)31;1-13(2)15-11-16(14-9-7-6-8-10-14)18-12-17(15)19(3,4)5;/h3-11,13-21H,1-2H3;6-9,11-13H,1-5H3;/q2*-1;/i;13D;. The predicted molar refractivity (Wildman–Crippen MR) is 256 cm³/mol. The van der Waals surface area contributed by atoms with E-state index >= 15 is 0 Å². The largest absolute Gasteiger partial charge is 0.333 e. The van der Waals surface area contributed by atoms with Crippen LogP contribution in [-0.4, -0.2) is 22.6 Å². The Morgan fingerprint density at radius 3 is 2.15 bits per heavy atom. The molecule has 0 spiro atoms. The molecule has 0 aliphatic heterocycles. The molecule has 0 saturated heterocycles. The molecule has 3 heterocycles. The second-order valence-electron chi connectivity index (χ2n) is 16.7. The normalized spacial score (nSPS) is 12.0. The molecule has 1 radical (unpaired) electrons. The summed E-state index contributed by atoms with van der Waals surface area (Å²) in [5.41, 5.74) is 11.9. The third kappa shape index (κ3) is 8.04. The van der Waals surface area contributed by atoms with Crippen molar-refractivity contribution in [1.82, 2.24) is 14.5 Å². The number of aryl methyl sites for hydroxylation is 2. The molecule has 0 unspecified atom stereocenters. The van der Waals surface area contributed by atoms with Gasteiger partial charge in [0.25, 0.3) is 0 Å². The Hall–Kier alpha value is -5.56.